The zero-order chi connectivity index (χ0) is 42.8. The van der Waals surface area contributed by atoms with E-state index < -0.39 is 39.3 Å². The molecule has 2 amide bonds. The molecular weight excluding hydrogens is 825 g/mol. The summed E-state index contributed by atoms with van der Waals surface area (Å²) in [4.78, 5) is 65.0. The highest BCUT2D eigenvalue weighted by atomic mass is 31.2. The van der Waals surface area contributed by atoms with Crippen LogP contribution in [0.4, 0.5) is 4.39 Å². The molecule has 0 aliphatic carbocycles. The van der Waals surface area contributed by atoms with Gasteiger partial charge in [0.25, 0.3) is 11.0 Å². The molecule has 0 radical (unpaired) electrons. The molecule has 2 aromatic carbocycles. The summed E-state index contributed by atoms with van der Waals surface area (Å²) in [5.41, 5.74) is 1.05. The molecule has 4 rings (SSSR count). The number of hydrogen-bond donors (Lipinski definition) is 7. The minimum atomic E-state index is -5.33. The Hall–Kier alpha value is -4.11. The van der Waals surface area contributed by atoms with E-state index >= 15 is 0 Å². The minimum Gasteiger partial charge on any atom is -0.492 e. The van der Waals surface area contributed by atoms with Gasteiger partial charge in [-0.2, -0.15) is 0 Å². The molecule has 4 unspecified atom stereocenters. The van der Waals surface area contributed by atoms with Crippen molar-refractivity contribution in [3.8, 4) is 11.5 Å². The van der Waals surface area contributed by atoms with Gasteiger partial charge in [0, 0.05) is 25.6 Å². The highest BCUT2D eigenvalue weighted by Crippen LogP contribution is 2.60. The molecule has 3 aromatic rings. The predicted octanol–water partition coefficient (Wildman–Crippen LogP) is -0.307. The first-order valence-corrected chi connectivity index (χ1v) is 21.4. The van der Waals surface area contributed by atoms with Crippen molar-refractivity contribution in [3.05, 3.63) is 78.1 Å². The minimum absolute atomic E-state index is 0.0240. The zero-order valence-corrected chi connectivity index (χ0v) is 33.9. The lowest BCUT2D eigenvalue weighted by atomic mass is 9.89. The van der Waals surface area contributed by atoms with Gasteiger partial charge in [0.1, 0.15) is 55.5 Å². The van der Waals surface area contributed by atoms with E-state index in [2.05, 4.69) is 10.6 Å². The van der Waals surface area contributed by atoms with Crippen LogP contribution >= 0.6 is 15.6 Å². The van der Waals surface area contributed by atoms with Gasteiger partial charge in [-0.25, -0.2) is 13.5 Å². The molecule has 1 aliphatic rings. The Morgan fingerprint density at radius 3 is 2.27 bits per heavy atom. The quantitative estimate of drug-likeness (QED) is 0.0294. The van der Waals surface area contributed by atoms with Gasteiger partial charge >= 0.3 is 7.60 Å². The number of benzene rings is 2. The first-order chi connectivity index (χ1) is 28.2. The second-order valence-corrected chi connectivity index (χ2v) is 16.9. The van der Waals surface area contributed by atoms with Crippen LogP contribution in [0.1, 0.15) is 28.3 Å². The van der Waals surface area contributed by atoms with Crippen molar-refractivity contribution >= 4 is 33.2 Å². The molecule has 0 saturated heterocycles. The average Bonchev–Trinajstić information content (AvgIpc) is 3.63. The number of fused-ring (bicyclic) bond motifs is 1. The average molecular weight is 876 g/mol. The number of nitrogens with zero attached hydrogens (tertiary/aromatic N) is 2. The van der Waals surface area contributed by atoms with E-state index in [-0.39, 0.29) is 89.1 Å². The Labute approximate surface area is 339 Å². The Balaban J connectivity index is 0.925. The van der Waals surface area contributed by atoms with E-state index in [0.29, 0.717) is 49.1 Å². The van der Waals surface area contributed by atoms with Gasteiger partial charge in [0.15, 0.2) is 12.4 Å². The van der Waals surface area contributed by atoms with E-state index in [0.717, 1.165) is 4.57 Å². The van der Waals surface area contributed by atoms with Gasteiger partial charge in [0.05, 0.1) is 64.3 Å². The third-order valence-electron chi connectivity index (χ3n) is 8.67. The number of Topliss-reactive ketones (excluding diaryl/α,β-unsaturated/α-hetero) is 1. The molecule has 0 fully saturated rings. The summed E-state index contributed by atoms with van der Waals surface area (Å²) in [6, 6.07) is 10.5. The van der Waals surface area contributed by atoms with Crippen LogP contribution < -0.4 is 24.7 Å². The van der Waals surface area contributed by atoms with E-state index in [1.807, 2.05) is 0 Å². The number of carbonyl (C=O) groups excluding carboxylic acids is 3. The highest BCUT2D eigenvalue weighted by molar-refractivity contribution is 7.66. The topological polar surface area (TPSA) is 275 Å². The first-order valence-electron chi connectivity index (χ1n) is 18.4. The van der Waals surface area contributed by atoms with Gasteiger partial charge in [-0.05, 0) is 29.8 Å². The number of aliphatic hydroxyl groups is 2. The van der Waals surface area contributed by atoms with Crippen LogP contribution in [-0.4, -0.2) is 137 Å². The third kappa shape index (κ3) is 15.5. The fraction of sp³-hybridized carbons (Fsp3) is 0.500. The summed E-state index contributed by atoms with van der Waals surface area (Å²) in [7, 11) is -9.35. The molecule has 0 bridgehead atoms. The van der Waals surface area contributed by atoms with E-state index in [1.54, 1.807) is 30.3 Å². The van der Waals surface area contributed by atoms with Crippen LogP contribution in [0.5, 0.6) is 11.5 Å². The van der Waals surface area contributed by atoms with Crippen LogP contribution in [0, 0.1) is 5.82 Å². The van der Waals surface area contributed by atoms with E-state index in [4.69, 9.17) is 28.4 Å². The van der Waals surface area contributed by atoms with Crippen molar-refractivity contribution in [1.29, 1.82) is 0 Å². The number of aliphatic hydroxyl groups excluding tert-OH is 1. The Morgan fingerprint density at radius 1 is 0.983 bits per heavy atom. The fourth-order valence-electron chi connectivity index (χ4n) is 5.49. The maximum absolute atomic E-state index is 13.3. The number of imidazole rings is 1. The Bertz CT molecular complexity index is 1900. The van der Waals surface area contributed by atoms with Gasteiger partial charge in [-0.1, -0.05) is 12.1 Å². The molecule has 1 aliphatic heterocycles. The van der Waals surface area contributed by atoms with Gasteiger partial charge in [-0.15, -0.1) is 0 Å². The number of aromatic nitrogens is 2. The Morgan fingerprint density at radius 2 is 1.63 bits per heavy atom. The summed E-state index contributed by atoms with van der Waals surface area (Å²) >= 11 is 0. The maximum atomic E-state index is 13.3. The van der Waals surface area contributed by atoms with Gasteiger partial charge in [-0.3, -0.25) is 23.5 Å². The maximum Gasteiger partial charge on any atom is 0.370 e. The molecule has 0 spiro atoms. The Kier molecular flexibility index (Phi) is 19.0. The molecule has 4 atom stereocenters. The van der Waals surface area contributed by atoms with Crippen molar-refractivity contribution in [2.24, 2.45) is 0 Å². The molecule has 23 heteroatoms. The fourth-order valence-corrected chi connectivity index (χ4v) is 7.15. The SMILES string of the molecule is O=C(CCOCCOCCOCCOCCNC(=O)COc1ccc2c(c1)OCC(c1ccc(F)cc1)C2=O)NCC(O)C[n+]1ccn(CC(O)([PH](=O)O)P(=O)(O)O)c1. The van der Waals surface area contributed by atoms with Crippen molar-refractivity contribution in [2.75, 3.05) is 79.2 Å². The molecule has 7 N–H and O–H groups in total. The normalized spacial score (nSPS) is 16.0. The largest absolute Gasteiger partial charge is 0.492 e. The number of rotatable bonds is 27. The standard InChI is InChI=1S/C36H49FN4O16P2/c37-27-3-1-26(2-4-27)31-22-57-32-19-29(5-6-30(32)35(31)45)56-23-34(44)38-8-12-53-14-16-55-18-17-54-15-13-52-11-7-33(43)39-20-28(42)21-40-9-10-41(25-40)24-36(46,58(47)48)59(49,50)51/h1-6,9-10,19,25,28,31,42,46,58H,7-8,11-18,20-24H2,(H4-,38,39,43,44,47,48,49,50,51)/p+1. The summed E-state index contributed by atoms with van der Waals surface area (Å²) in [6.45, 7) is 1.31. The highest BCUT2D eigenvalue weighted by Gasteiger charge is 2.52. The lowest BCUT2D eigenvalue weighted by Gasteiger charge is -2.24. The lowest BCUT2D eigenvalue weighted by molar-refractivity contribution is -0.702. The lowest BCUT2D eigenvalue weighted by Crippen LogP contribution is -2.43. The molecule has 20 nitrogen and oxygen atoms in total. The summed E-state index contributed by atoms with van der Waals surface area (Å²) < 4.78 is 71.7. The van der Waals surface area contributed by atoms with Crippen molar-refractivity contribution in [2.45, 2.75) is 36.6 Å². The number of ether oxygens (including phenoxy) is 6. The first kappa shape index (κ1) is 47.6. The molecule has 59 heavy (non-hydrogen) atoms. The van der Waals surface area contributed by atoms with Crippen LogP contribution in [0.15, 0.2) is 61.2 Å². The predicted molar refractivity (Wildman–Crippen MR) is 204 cm³/mol. The summed E-state index contributed by atoms with van der Waals surface area (Å²) in [5.74, 6) is -1.06. The van der Waals surface area contributed by atoms with Gasteiger partial charge in [0.2, 0.25) is 20.3 Å². The number of hydrogen-bond acceptors (Lipinski definition) is 13. The van der Waals surface area contributed by atoms with Crippen LogP contribution in [0.25, 0.3) is 0 Å². The molecule has 1 aromatic heterocycles. The number of ketones is 1. The molecule has 0 saturated carbocycles. The van der Waals surface area contributed by atoms with Crippen molar-refractivity contribution in [1.82, 2.24) is 15.2 Å². The van der Waals surface area contributed by atoms with Crippen molar-refractivity contribution < 1.29 is 85.8 Å². The third-order valence-corrected chi connectivity index (χ3v) is 12.1. The second-order valence-electron chi connectivity index (χ2n) is 13.2. The van der Waals surface area contributed by atoms with E-state index in [1.165, 1.54) is 35.4 Å². The second kappa shape index (κ2) is 23.6. The number of nitrogens with one attached hydrogen (secondary N) is 2. The zero-order valence-electron chi connectivity index (χ0n) is 32.0. The van der Waals surface area contributed by atoms with Crippen LogP contribution in [0.2, 0.25) is 0 Å². The van der Waals surface area contributed by atoms with E-state index in [9.17, 15) is 52.8 Å². The monoisotopic (exact) mass is 875 g/mol. The summed E-state index contributed by atoms with van der Waals surface area (Å²) in [5, 5.41) is 22.4. The van der Waals surface area contributed by atoms with Gasteiger partial charge < -0.3 is 63.9 Å². The molecular formula is C36H50FN4O16P2+. The molecule has 326 valence electrons. The number of amides is 2. The smallest absolute Gasteiger partial charge is 0.370 e. The summed E-state index contributed by atoms with van der Waals surface area (Å²) in [6.07, 6.45) is 2.99. The number of carbonyl (C=O) groups is 3. The van der Waals surface area contributed by atoms with Crippen LogP contribution in [0.3, 0.4) is 0 Å². The number of halogens is 1. The molecule has 2 heterocycles. The van der Waals surface area contributed by atoms with Crippen LogP contribution in [-0.2, 0) is 50.8 Å². The van der Waals surface area contributed by atoms with Crippen molar-refractivity contribution in [3.63, 3.8) is 0 Å².